The predicted octanol–water partition coefficient (Wildman–Crippen LogP) is 4.04. The topological polar surface area (TPSA) is 143 Å². The van der Waals surface area contributed by atoms with E-state index in [1.165, 1.54) is 16.2 Å². The van der Waals surface area contributed by atoms with Crippen LogP contribution in [0, 0.1) is 12.8 Å². The molecule has 0 bridgehead atoms. The van der Waals surface area contributed by atoms with Crippen molar-refractivity contribution in [2.45, 2.75) is 56.6 Å². The third-order valence-corrected chi connectivity index (χ3v) is 11.0. The number of ether oxygens (including phenoxy) is 2. The lowest BCUT2D eigenvalue weighted by atomic mass is 10.0. The van der Waals surface area contributed by atoms with E-state index >= 15 is 0 Å². The van der Waals surface area contributed by atoms with Gasteiger partial charge in [-0.25, -0.2) is 27.9 Å². The number of carbonyl (C=O) groups is 2. The first-order chi connectivity index (χ1) is 20.7. The number of pyridine rings is 1. The van der Waals surface area contributed by atoms with Crippen molar-refractivity contribution in [1.82, 2.24) is 19.6 Å². The number of nitrogens with one attached hydrogen (secondary N) is 2. The van der Waals surface area contributed by atoms with Crippen LogP contribution < -0.4 is 14.9 Å². The highest BCUT2D eigenvalue weighted by molar-refractivity contribution is 7.89. The van der Waals surface area contributed by atoms with Crippen LogP contribution in [0.2, 0.25) is 0 Å². The van der Waals surface area contributed by atoms with Crippen LogP contribution in [-0.4, -0.2) is 73.7 Å². The van der Waals surface area contributed by atoms with Crippen LogP contribution in [-0.2, 0) is 26.0 Å². The van der Waals surface area contributed by atoms with Crippen molar-refractivity contribution in [3.63, 3.8) is 0 Å². The molecule has 1 atom stereocenters. The van der Waals surface area contributed by atoms with Crippen molar-refractivity contribution in [3.05, 3.63) is 47.2 Å². The molecule has 1 aromatic carbocycles. The number of fused-ring (bicyclic) bond motifs is 1. The summed E-state index contributed by atoms with van der Waals surface area (Å²) in [5.41, 5.74) is 2.34. The average molecular weight is 625 g/mol. The second-order valence-electron chi connectivity index (χ2n) is 11.4. The molecule has 1 unspecified atom stereocenters. The molecule has 3 aliphatic heterocycles. The van der Waals surface area contributed by atoms with E-state index in [2.05, 4.69) is 20.0 Å². The molecule has 5 heterocycles. The Balaban J connectivity index is 1.22. The molecule has 2 amide bonds. The molecule has 4 aliphatic rings. The Morgan fingerprint density at radius 1 is 1.14 bits per heavy atom. The Bertz CT molecular complexity index is 1720. The summed E-state index contributed by atoms with van der Waals surface area (Å²) in [5.74, 6) is 1.21. The zero-order valence-corrected chi connectivity index (χ0v) is 25.5. The van der Waals surface area contributed by atoms with Gasteiger partial charge in [0.15, 0.2) is 5.13 Å². The van der Waals surface area contributed by atoms with Gasteiger partial charge in [0.05, 0.1) is 46.9 Å². The van der Waals surface area contributed by atoms with Crippen molar-refractivity contribution in [1.29, 1.82) is 0 Å². The summed E-state index contributed by atoms with van der Waals surface area (Å²) in [4.78, 5) is 39.2. The third kappa shape index (κ3) is 5.37. The molecule has 43 heavy (non-hydrogen) atoms. The van der Waals surface area contributed by atoms with Gasteiger partial charge < -0.3 is 19.7 Å². The maximum Gasteiger partial charge on any atom is 0.415 e. The summed E-state index contributed by atoms with van der Waals surface area (Å²) in [7, 11) is -4.00. The van der Waals surface area contributed by atoms with E-state index in [0.29, 0.717) is 72.4 Å². The van der Waals surface area contributed by atoms with E-state index in [1.807, 2.05) is 19.9 Å². The van der Waals surface area contributed by atoms with Gasteiger partial charge in [0.2, 0.25) is 10.0 Å². The van der Waals surface area contributed by atoms with Crippen molar-refractivity contribution < 1.29 is 27.5 Å². The molecule has 2 N–H and O–H groups in total. The van der Waals surface area contributed by atoms with Crippen LogP contribution in [0.15, 0.2) is 35.2 Å². The first-order valence-corrected chi connectivity index (χ1v) is 16.7. The predicted molar refractivity (Wildman–Crippen MR) is 160 cm³/mol. The SMILES string of the molecule is Cc1nc(Nc2cccc(N3CCCOC3=O)n2)sc1-c1cc2c(c(S(=O)(=O)NC3COC3)c1)C(=O)N(C(C)C1CC1)C2. The number of hydrogen-bond donors (Lipinski definition) is 2. The molecule has 2 saturated heterocycles. The molecule has 0 spiro atoms. The minimum absolute atomic E-state index is 0.00695. The number of hydrogen-bond acceptors (Lipinski definition) is 10. The number of rotatable bonds is 9. The van der Waals surface area contributed by atoms with Gasteiger partial charge in [-0.1, -0.05) is 17.4 Å². The molecule has 14 heteroatoms. The maximum absolute atomic E-state index is 13.7. The van der Waals surface area contributed by atoms with E-state index in [1.54, 1.807) is 29.2 Å². The largest absolute Gasteiger partial charge is 0.449 e. The summed E-state index contributed by atoms with van der Waals surface area (Å²) in [6, 6.07) is 8.57. The number of nitrogens with zero attached hydrogens (tertiary/aromatic N) is 4. The third-order valence-electron chi connectivity index (χ3n) is 8.32. The molecule has 3 fully saturated rings. The van der Waals surface area contributed by atoms with Crippen LogP contribution in [0.3, 0.4) is 0 Å². The smallest absolute Gasteiger partial charge is 0.415 e. The molecule has 2 aromatic heterocycles. The second kappa shape index (κ2) is 10.8. The number of amides is 2. The van der Waals surface area contributed by atoms with Crippen molar-refractivity contribution in [3.8, 4) is 10.4 Å². The Morgan fingerprint density at radius 2 is 1.95 bits per heavy atom. The van der Waals surface area contributed by atoms with E-state index in [9.17, 15) is 18.0 Å². The summed E-state index contributed by atoms with van der Waals surface area (Å²) in [6.07, 6.45) is 2.46. The maximum atomic E-state index is 13.7. The fourth-order valence-electron chi connectivity index (χ4n) is 5.76. The number of thiazole rings is 1. The molecular formula is C29H32N6O6S2. The minimum atomic E-state index is -4.00. The van der Waals surface area contributed by atoms with Crippen LogP contribution in [0.5, 0.6) is 0 Å². The number of aromatic nitrogens is 2. The standard InChI is InChI=1S/C29H32N6O6S2/c1-16-26(42-28(30-16)32-23-5-3-6-24(31-23)34-9-4-10-41-29(34)37)19-11-20-13-35(17(2)18-7-8-18)27(36)25(20)22(12-19)43(38,39)33-21-14-40-15-21/h3,5-6,11-12,17-18,21,33H,4,7-10,13-15H2,1-2H3,(H,30,31,32). The Hall–Kier alpha value is -3.59. The Kier molecular flexibility index (Phi) is 7.11. The number of anilines is 3. The van der Waals surface area contributed by atoms with Crippen molar-refractivity contribution >= 4 is 50.1 Å². The van der Waals surface area contributed by atoms with E-state index in [4.69, 9.17) is 9.47 Å². The lowest BCUT2D eigenvalue weighted by Gasteiger charge is -2.27. The van der Waals surface area contributed by atoms with Crippen LogP contribution in [0.4, 0.5) is 21.6 Å². The van der Waals surface area contributed by atoms with Gasteiger partial charge in [-0.05, 0) is 74.4 Å². The zero-order chi connectivity index (χ0) is 29.9. The highest BCUT2D eigenvalue weighted by Gasteiger charge is 2.42. The molecular weight excluding hydrogens is 592 g/mol. The Labute approximate surface area is 253 Å². The van der Waals surface area contributed by atoms with E-state index in [0.717, 1.165) is 24.1 Å². The first-order valence-electron chi connectivity index (χ1n) is 14.4. The van der Waals surface area contributed by atoms with Crippen LogP contribution in [0.1, 0.15) is 47.8 Å². The Morgan fingerprint density at radius 3 is 2.67 bits per heavy atom. The van der Waals surface area contributed by atoms with Gasteiger partial charge >= 0.3 is 6.09 Å². The molecule has 0 radical (unpaired) electrons. The molecule has 1 saturated carbocycles. The van der Waals surface area contributed by atoms with Crippen LogP contribution >= 0.6 is 11.3 Å². The summed E-state index contributed by atoms with van der Waals surface area (Å²) in [6.45, 7) is 5.81. The fourth-order valence-corrected chi connectivity index (χ4v) is 8.19. The summed E-state index contributed by atoms with van der Waals surface area (Å²) >= 11 is 1.37. The number of carbonyl (C=O) groups excluding carboxylic acids is 2. The van der Waals surface area contributed by atoms with Gasteiger partial charge in [0.25, 0.3) is 5.91 Å². The van der Waals surface area contributed by atoms with Gasteiger partial charge in [-0.15, -0.1) is 0 Å². The van der Waals surface area contributed by atoms with Gasteiger partial charge in [-0.2, -0.15) is 0 Å². The highest BCUT2D eigenvalue weighted by atomic mass is 32.2. The summed E-state index contributed by atoms with van der Waals surface area (Å²) in [5, 5.41) is 3.79. The fraction of sp³-hybridized carbons (Fsp3) is 0.448. The molecule has 12 nitrogen and oxygen atoms in total. The second-order valence-corrected chi connectivity index (χ2v) is 14.1. The van der Waals surface area contributed by atoms with Crippen LogP contribution in [0.25, 0.3) is 10.4 Å². The van der Waals surface area contributed by atoms with Crippen molar-refractivity contribution in [2.24, 2.45) is 5.92 Å². The molecule has 3 aromatic rings. The van der Waals surface area contributed by atoms with E-state index in [-0.39, 0.29) is 28.4 Å². The number of aryl methyl sites for hydroxylation is 1. The monoisotopic (exact) mass is 624 g/mol. The zero-order valence-electron chi connectivity index (χ0n) is 23.8. The number of cyclic esters (lactones) is 1. The number of sulfonamides is 1. The quantitative estimate of drug-likeness (QED) is 0.361. The highest BCUT2D eigenvalue weighted by Crippen LogP contribution is 2.42. The number of benzene rings is 1. The molecule has 7 rings (SSSR count). The minimum Gasteiger partial charge on any atom is -0.449 e. The average Bonchev–Trinajstić information content (AvgIpc) is 3.68. The normalized spacial score (nSPS) is 19.7. The summed E-state index contributed by atoms with van der Waals surface area (Å²) < 4.78 is 40.3. The first kappa shape index (κ1) is 28.2. The lowest BCUT2D eigenvalue weighted by Crippen LogP contribution is -2.48. The molecule has 1 aliphatic carbocycles. The van der Waals surface area contributed by atoms with Gasteiger partial charge in [0, 0.05) is 19.1 Å². The molecule has 226 valence electrons. The van der Waals surface area contributed by atoms with Crippen molar-refractivity contribution in [2.75, 3.05) is 36.6 Å². The van der Waals surface area contributed by atoms with Gasteiger partial charge in [0.1, 0.15) is 11.6 Å². The lowest BCUT2D eigenvalue weighted by molar-refractivity contribution is 0.00481. The van der Waals surface area contributed by atoms with E-state index < -0.39 is 16.1 Å². The van der Waals surface area contributed by atoms with Gasteiger partial charge in [-0.3, -0.25) is 9.69 Å².